The zero-order valence-electron chi connectivity index (χ0n) is 3.13. The highest BCUT2D eigenvalue weighted by Gasteiger charge is 1.76. The van der Waals surface area contributed by atoms with Crippen molar-refractivity contribution in [3.8, 4) is 0 Å². The summed E-state index contributed by atoms with van der Waals surface area (Å²) in [5, 5.41) is 0. The molecule has 0 aromatic heterocycles. The fraction of sp³-hybridized carbons (Fsp3) is 1.00. The molecular weight excluding hydrogens is 118 g/mol. The van der Waals surface area contributed by atoms with E-state index in [0.29, 0.717) is 5.75 Å². The van der Waals surface area contributed by atoms with Gasteiger partial charge in [0.1, 0.15) is 0 Å². The summed E-state index contributed by atoms with van der Waals surface area (Å²) in [6.07, 6.45) is 0. The molecule has 0 saturated heterocycles. The maximum atomic E-state index is 9.24. The molecule has 0 bridgehead atoms. The lowest BCUT2D eigenvalue weighted by Gasteiger charge is -1.76. The lowest BCUT2D eigenvalue weighted by molar-refractivity contribution is 1.56. The molecule has 0 atom stereocenters. The van der Waals surface area contributed by atoms with Gasteiger partial charge in [0, 0.05) is 28.0 Å². The van der Waals surface area contributed by atoms with E-state index in [9.17, 15) is 4.91 Å². The molecule has 2 nitrogen and oxygen atoms in total. The van der Waals surface area contributed by atoms with Crippen LogP contribution in [-0.4, -0.2) is 11.5 Å². The molecular formula is C2H5NOS2. The Hall–Kier alpha value is 0.300. The van der Waals surface area contributed by atoms with Gasteiger partial charge in [-0.25, -0.2) is 0 Å². The average molecular weight is 123 g/mol. The largest absolute Gasteiger partial charge is 0.178 e. The molecule has 0 fully saturated rings. The van der Waals surface area contributed by atoms with Gasteiger partial charge in [0.05, 0.1) is 0 Å². The van der Waals surface area contributed by atoms with Crippen molar-refractivity contribution in [2.24, 2.45) is 4.58 Å². The molecule has 0 radical (unpaired) electrons. The molecule has 0 amide bonds. The molecule has 0 heterocycles. The van der Waals surface area contributed by atoms with Crippen molar-refractivity contribution in [1.29, 1.82) is 0 Å². The van der Waals surface area contributed by atoms with Crippen molar-refractivity contribution in [3.05, 3.63) is 4.91 Å². The van der Waals surface area contributed by atoms with Crippen LogP contribution in [0.25, 0.3) is 0 Å². The van der Waals surface area contributed by atoms with Gasteiger partial charge < -0.3 is 0 Å². The number of thiol groups is 1. The van der Waals surface area contributed by atoms with E-state index >= 15 is 0 Å². The van der Waals surface area contributed by atoms with Crippen LogP contribution >= 0.6 is 24.6 Å². The van der Waals surface area contributed by atoms with Crippen molar-refractivity contribution in [3.63, 3.8) is 0 Å². The fourth-order valence-electron chi connectivity index (χ4n) is 0.0781. The van der Waals surface area contributed by atoms with Crippen LogP contribution in [0.15, 0.2) is 4.58 Å². The monoisotopic (exact) mass is 123 g/mol. The van der Waals surface area contributed by atoms with Gasteiger partial charge in [-0.05, 0) is 0 Å². The third-order valence-corrected chi connectivity index (χ3v) is 1.25. The van der Waals surface area contributed by atoms with Gasteiger partial charge in [-0.1, -0.05) is 0 Å². The summed E-state index contributed by atoms with van der Waals surface area (Å²) in [5.74, 6) is 1.43. The predicted octanol–water partition coefficient (Wildman–Crippen LogP) is 1.33. The van der Waals surface area contributed by atoms with Crippen LogP contribution in [0.2, 0.25) is 0 Å². The minimum atomic E-state index is 0.715. The second-order valence-corrected chi connectivity index (χ2v) is 1.89. The van der Waals surface area contributed by atoms with Crippen LogP contribution in [-0.2, 0) is 0 Å². The van der Waals surface area contributed by atoms with Crippen molar-refractivity contribution < 1.29 is 0 Å². The highest BCUT2D eigenvalue weighted by Crippen LogP contribution is 1.98. The molecule has 0 aliphatic heterocycles. The van der Waals surface area contributed by atoms with Crippen LogP contribution in [0.5, 0.6) is 0 Å². The van der Waals surface area contributed by atoms with Gasteiger partial charge in [-0.15, -0.1) is 4.91 Å². The number of nitrogens with zero attached hydrogens (tertiary/aromatic N) is 1. The SMILES string of the molecule is O=NSCCS. The first kappa shape index (κ1) is 6.30. The van der Waals surface area contributed by atoms with E-state index in [1.807, 2.05) is 0 Å². The minimum Gasteiger partial charge on any atom is -0.178 e. The van der Waals surface area contributed by atoms with Gasteiger partial charge in [-0.2, -0.15) is 12.6 Å². The van der Waals surface area contributed by atoms with Crippen LogP contribution in [0, 0.1) is 4.91 Å². The zero-order valence-corrected chi connectivity index (χ0v) is 4.84. The van der Waals surface area contributed by atoms with Gasteiger partial charge in [0.25, 0.3) is 0 Å². The van der Waals surface area contributed by atoms with Crippen LogP contribution in [0.3, 0.4) is 0 Å². The van der Waals surface area contributed by atoms with E-state index in [4.69, 9.17) is 0 Å². The highest BCUT2D eigenvalue weighted by molar-refractivity contribution is 7.98. The van der Waals surface area contributed by atoms with Crippen LogP contribution < -0.4 is 0 Å². The molecule has 0 N–H and O–H groups in total. The quantitative estimate of drug-likeness (QED) is 0.265. The lowest BCUT2D eigenvalue weighted by atomic mass is 11.0. The minimum absolute atomic E-state index is 0.715. The summed E-state index contributed by atoms with van der Waals surface area (Å²) in [4.78, 5) is 9.24. The molecule has 0 aliphatic carbocycles. The summed E-state index contributed by atoms with van der Waals surface area (Å²) in [7, 11) is 0. The average Bonchev–Trinajstić information content (AvgIpc) is 1.61. The van der Waals surface area contributed by atoms with Gasteiger partial charge in [0.2, 0.25) is 0 Å². The summed E-state index contributed by atoms with van der Waals surface area (Å²) in [6, 6.07) is 0. The number of nitroso groups, excluding NO2 is 1. The van der Waals surface area contributed by atoms with Crippen molar-refractivity contribution in [2.75, 3.05) is 11.5 Å². The predicted molar refractivity (Wildman–Crippen MR) is 32.1 cm³/mol. The van der Waals surface area contributed by atoms with Gasteiger partial charge >= 0.3 is 0 Å². The van der Waals surface area contributed by atoms with Crippen LogP contribution in [0.1, 0.15) is 0 Å². The van der Waals surface area contributed by atoms with E-state index in [-0.39, 0.29) is 0 Å². The molecule has 0 saturated carbocycles. The topological polar surface area (TPSA) is 29.4 Å². The first-order chi connectivity index (χ1) is 2.91. The molecule has 0 aliphatic rings. The third-order valence-electron chi connectivity index (χ3n) is 0.235. The molecule has 4 heteroatoms. The summed E-state index contributed by atoms with van der Waals surface area (Å²) >= 11 is 4.84. The molecule has 0 rings (SSSR count). The van der Waals surface area contributed by atoms with Crippen molar-refractivity contribution in [1.82, 2.24) is 0 Å². The Labute approximate surface area is 46.2 Å². The maximum Gasteiger partial charge on any atom is 0.0275 e. The number of hydrogen-bond acceptors (Lipinski definition) is 4. The van der Waals surface area contributed by atoms with E-state index in [0.717, 1.165) is 17.7 Å². The first-order valence-corrected chi connectivity index (χ1v) is 3.05. The fourth-order valence-corrected chi connectivity index (χ4v) is 0.479. The van der Waals surface area contributed by atoms with Gasteiger partial charge in [-0.3, -0.25) is 0 Å². The lowest BCUT2D eigenvalue weighted by Crippen LogP contribution is -1.71. The molecule has 0 spiro atoms. The Kier molecular flexibility index (Phi) is 5.57. The number of rotatable bonds is 3. The normalized spacial score (nSPS) is 8.17. The van der Waals surface area contributed by atoms with E-state index in [2.05, 4.69) is 17.2 Å². The molecule has 36 valence electrons. The Morgan fingerprint density at radius 1 is 1.83 bits per heavy atom. The first-order valence-electron chi connectivity index (χ1n) is 1.47. The zero-order chi connectivity index (χ0) is 4.83. The maximum absolute atomic E-state index is 9.24. The molecule has 0 aromatic carbocycles. The van der Waals surface area contributed by atoms with E-state index in [1.54, 1.807) is 0 Å². The Balaban J connectivity index is 2.49. The van der Waals surface area contributed by atoms with Crippen LogP contribution in [0.4, 0.5) is 0 Å². The Morgan fingerprint density at radius 3 is 2.67 bits per heavy atom. The van der Waals surface area contributed by atoms with E-state index in [1.165, 1.54) is 0 Å². The summed E-state index contributed by atoms with van der Waals surface area (Å²) in [5.41, 5.74) is 0. The number of hydrogen-bond donors (Lipinski definition) is 1. The standard InChI is InChI=1S/C2H5NOS2/c4-3-6-2-1-5/h5H,1-2H2. The van der Waals surface area contributed by atoms with Crippen molar-refractivity contribution >= 4 is 24.6 Å². The highest BCUT2D eigenvalue weighted by atomic mass is 32.2. The van der Waals surface area contributed by atoms with E-state index < -0.39 is 0 Å². The molecule has 0 unspecified atom stereocenters. The third kappa shape index (κ3) is 4.30. The van der Waals surface area contributed by atoms with Crippen molar-refractivity contribution in [2.45, 2.75) is 0 Å². The Morgan fingerprint density at radius 2 is 2.50 bits per heavy atom. The smallest absolute Gasteiger partial charge is 0.0275 e. The second kappa shape index (κ2) is 5.30. The molecule has 6 heavy (non-hydrogen) atoms. The second-order valence-electron chi connectivity index (χ2n) is 0.631. The Bertz CT molecular complexity index is 40.5. The summed E-state index contributed by atoms with van der Waals surface area (Å²) < 4.78 is 2.54. The molecule has 0 aromatic rings. The summed E-state index contributed by atoms with van der Waals surface area (Å²) in [6.45, 7) is 0. The van der Waals surface area contributed by atoms with Gasteiger partial charge in [0.15, 0.2) is 0 Å².